The zero-order chi connectivity index (χ0) is 22.3. The van der Waals surface area contributed by atoms with Crippen LogP contribution in [-0.2, 0) is 11.2 Å². The van der Waals surface area contributed by atoms with Crippen LogP contribution in [0.2, 0.25) is 0 Å². The van der Waals surface area contributed by atoms with E-state index in [1.54, 1.807) is 13.2 Å². The summed E-state index contributed by atoms with van der Waals surface area (Å²) in [6.45, 7) is 0. The molecule has 8 nitrogen and oxygen atoms in total. The molecule has 0 saturated heterocycles. The van der Waals surface area contributed by atoms with Gasteiger partial charge in [-0.1, -0.05) is 53.8 Å². The van der Waals surface area contributed by atoms with Crippen LogP contribution in [-0.4, -0.2) is 35.2 Å². The summed E-state index contributed by atoms with van der Waals surface area (Å²) in [6, 6.07) is 19.2. The van der Waals surface area contributed by atoms with Crippen molar-refractivity contribution in [3.05, 3.63) is 84.3 Å². The fraction of sp³-hybridized carbons (Fsp3) is 0.130. The summed E-state index contributed by atoms with van der Waals surface area (Å²) in [5.74, 6) is -0.0403. The molecule has 4 aromatic rings. The monoisotopic (exact) mass is 448 g/mol. The van der Waals surface area contributed by atoms with E-state index in [0.717, 1.165) is 11.1 Å². The van der Waals surface area contributed by atoms with E-state index in [4.69, 9.17) is 9.15 Å². The smallest absolute Gasteiger partial charge is 0.287 e. The molecule has 2 aromatic heterocycles. The molecular formula is C23H20N4O4S. The summed E-state index contributed by atoms with van der Waals surface area (Å²) < 4.78 is 10.4. The molecule has 4 rings (SSSR count). The van der Waals surface area contributed by atoms with Gasteiger partial charge in [0.1, 0.15) is 16.8 Å². The van der Waals surface area contributed by atoms with Crippen LogP contribution in [0.1, 0.15) is 16.1 Å². The Morgan fingerprint density at radius 1 is 1.06 bits per heavy atom. The van der Waals surface area contributed by atoms with Crippen LogP contribution in [0.15, 0.2) is 77.4 Å². The number of hydrogen-bond acceptors (Lipinski definition) is 7. The second kappa shape index (κ2) is 9.88. The van der Waals surface area contributed by atoms with E-state index in [0.29, 0.717) is 22.3 Å². The third kappa shape index (κ3) is 5.19. The zero-order valence-electron chi connectivity index (χ0n) is 17.1. The predicted octanol–water partition coefficient (Wildman–Crippen LogP) is 3.79. The van der Waals surface area contributed by atoms with Crippen molar-refractivity contribution < 1.29 is 18.7 Å². The molecule has 0 aliphatic heterocycles. The van der Waals surface area contributed by atoms with Gasteiger partial charge >= 0.3 is 0 Å². The van der Waals surface area contributed by atoms with E-state index in [1.807, 2.05) is 54.6 Å². The van der Waals surface area contributed by atoms with E-state index in [9.17, 15) is 9.59 Å². The molecular weight excluding hydrogens is 428 g/mol. The standard InChI is InChI=1S/C23H20N4O4S/c1-30-17-10-5-9-16(14-17)22-26-27-23(32-22)25-20(28)18(13-15-7-3-2-4-8-15)24-21(29)19-11-6-12-31-19/h2-12,14,18H,13H2,1H3,(H,24,29)(H,25,27,28). The van der Waals surface area contributed by atoms with Crippen molar-refractivity contribution in [2.75, 3.05) is 12.4 Å². The molecule has 2 N–H and O–H groups in total. The van der Waals surface area contributed by atoms with Crippen molar-refractivity contribution in [1.29, 1.82) is 0 Å². The lowest BCUT2D eigenvalue weighted by Crippen LogP contribution is -2.45. The fourth-order valence-electron chi connectivity index (χ4n) is 3.04. The third-order valence-corrected chi connectivity index (χ3v) is 5.51. The molecule has 0 aliphatic rings. The highest BCUT2D eigenvalue weighted by Gasteiger charge is 2.24. The number of ether oxygens (including phenoxy) is 1. The number of methoxy groups -OCH3 is 1. The Morgan fingerprint density at radius 3 is 2.66 bits per heavy atom. The van der Waals surface area contributed by atoms with E-state index in [1.165, 1.54) is 23.7 Å². The van der Waals surface area contributed by atoms with E-state index in [2.05, 4.69) is 20.8 Å². The summed E-state index contributed by atoms with van der Waals surface area (Å²) in [5.41, 5.74) is 1.73. The van der Waals surface area contributed by atoms with Gasteiger partial charge in [-0.2, -0.15) is 0 Å². The second-order valence-corrected chi connectivity index (χ2v) is 7.80. The summed E-state index contributed by atoms with van der Waals surface area (Å²) in [6.07, 6.45) is 1.71. The number of hydrogen-bond donors (Lipinski definition) is 2. The van der Waals surface area contributed by atoms with Crippen molar-refractivity contribution in [3.63, 3.8) is 0 Å². The number of carbonyl (C=O) groups excluding carboxylic acids is 2. The first kappa shape index (κ1) is 21.3. The first-order chi connectivity index (χ1) is 15.6. The lowest BCUT2D eigenvalue weighted by molar-refractivity contribution is -0.118. The van der Waals surface area contributed by atoms with Crippen LogP contribution >= 0.6 is 11.3 Å². The third-order valence-electron chi connectivity index (χ3n) is 4.62. The number of anilines is 1. The number of amides is 2. The van der Waals surface area contributed by atoms with Crippen molar-refractivity contribution in [2.45, 2.75) is 12.5 Å². The van der Waals surface area contributed by atoms with Gasteiger partial charge in [-0.3, -0.25) is 14.9 Å². The largest absolute Gasteiger partial charge is 0.497 e. The topological polar surface area (TPSA) is 106 Å². The maximum Gasteiger partial charge on any atom is 0.287 e. The van der Waals surface area contributed by atoms with Gasteiger partial charge in [-0.15, -0.1) is 10.2 Å². The minimum absolute atomic E-state index is 0.132. The highest BCUT2D eigenvalue weighted by molar-refractivity contribution is 7.18. The van der Waals surface area contributed by atoms with Crippen LogP contribution in [0.3, 0.4) is 0 Å². The molecule has 9 heteroatoms. The van der Waals surface area contributed by atoms with Gasteiger partial charge < -0.3 is 14.5 Å². The van der Waals surface area contributed by atoms with Gasteiger partial charge in [0.25, 0.3) is 5.91 Å². The van der Waals surface area contributed by atoms with Crippen molar-refractivity contribution in [1.82, 2.24) is 15.5 Å². The van der Waals surface area contributed by atoms with Gasteiger partial charge in [-0.05, 0) is 29.8 Å². The van der Waals surface area contributed by atoms with E-state index in [-0.39, 0.29) is 5.76 Å². The molecule has 2 heterocycles. The number of nitrogens with zero attached hydrogens (tertiary/aromatic N) is 2. The molecule has 162 valence electrons. The number of rotatable bonds is 8. The van der Waals surface area contributed by atoms with Crippen LogP contribution in [0, 0.1) is 0 Å². The van der Waals surface area contributed by atoms with Crippen molar-refractivity contribution >= 4 is 28.3 Å². The normalized spacial score (nSPS) is 11.5. The molecule has 1 atom stereocenters. The zero-order valence-corrected chi connectivity index (χ0v) is 18.0. The fourth-order valence-corrected chi connectivity index (χ4v) is 3.78. The Bertz CT molecular complexity index is 1190. The Hall–Kier alpha value is -3.98. The number of benzene rings is 2. The van der Waals surface area contributed by atoms with Crippen LogP contribution in [0.4, 0.5) is 5.13 Å². The molecule has 0 spiro atoms. The second-order valence-electron chi connectivity index (χ2n) is 6.83. The SMILES string of the molecule is COc1cccc(-c2nnc(NC(=O)C(Cc3ccccc3)NC(=O)c3ccco3)s2)c1. The van der Waals surface area contributed by atoms with Crippen LogP contribution in [0.25, 0.3) is 10.6 Å². The van der Waals surface area contributed by atoms with Gasteiger partial charge in [0.05, 0.1) is 13.4 Å². The average Bonchev–Trinajstić information content (AvgIpc) is 3.52. The lowest BCUT2D eigenvalue weighted by atomic mass is 10.1. The summed E-state index contributed by atoms with van der Waals surface area (Å²) in [5, 5.41) is 14.7. The number of furan rings is 1. The first-order valence-corrected chi connectivity index (χ1v) is 10.6. The van der Waals surface area contributed by atoms with Gasteiger partial charge in [-0.25, -0.2) is 0 Å². The molecule has 1 unspecified atom stereocenters. The Morgan fingerprint density at radius 2 is 1.91 bits per heavy atom. The van der Waals surface area contributed by atoms with E-state index >= 15 is 0 Å². The summed E-state index contributed by atoms with van der Waals surface area (Å²) in [7, 11) is 1.59. The highest BCUT2D eigenvalue weighted by atomic mass is 32.1. The van der Waals surface area contributed by atoms with Crippen molar-refractivity contribution in [2.24, 2.45) is 0 Å². The minimum atomic E-state index is -0.834. The van der Waals surface area contributed by atoms with Gasteiger partial charge in [0.2, 0.25) is 11.0 Å². The Kier molecular flexibility index (Phi) is 6.57. The molecule has 2 amide bonds. The van der Waals surface area contributed by atoms with Gasteiger partial charge in [0.15, 0.2) is 5.76 Å². The number of nitrogens with one attached hydrogen (secondary N) is 2. The van der Waals surface area contributed by atoms with Crippen molar-refractivity contribution in [3.8, 4) is 16.3 Å². The average molecular weight is 449 g/mol. The summed E-state index contributed by atoms with van der Waals surface area (Å²) >= 11 is 1.23. The Balaban J connectivity index is 1.50. The van der Waals surface area contributed by atoms with Gasteiger partial charge in [0, 0.05) is 12.0 Å². The molecule has 0 fully saturated rings. The predicted molar refractivity (Wildman–Crippen MR) is 121 cm³/mol. The maximum atomic E-state index is 13.0. The van der Waals surface area contributed by atoms with E-state index < -0.39 is 17.9 Å². The molecule has 2 aromatic carbocycles. The van der Waals surface area contributed by atoms with Crippen LogP contribution in [0.5, 0.6) is 5.75 Å². The molecule has 32 heavy (non-hydrogen) atoms. The first-order valence-electron chi connectivity index (χ1n) is 9.79. The Labute approximate surface area is 188 Å². The molecule has 0 aliphatic carbocycles. The van der Waals surface area contributed by atoms with Crippen LogP contribution < -0.4 is 15.4 Å². The quantitative estimate of drug-likeness (QED) is 0.425. The molecule has 0 radical (unpaired) electrons. The summed E-state index contributed by atoms with van der Waals surface area (Å²) in [4.78, 5) is 25.5. The number of aromatic nitrogens is 2. The molecule has 0 bridgehead atoms. The lowest BCUT2D eigenvalue weighted by Gasteiger charge is -2.17. The minimum Gasteiger partial charge on any atom is -0.497 e. The maximum absolute atomic E-state index is 13.0. The highest BCUT2D eigenvalue weighted by Crippen LogP contribution is 2.28. The number of carbonyl (C=O) groups is 2. The molecule has 0 saturated carbocycles.